The second-order valence-electron chi connectivity index (χ2n) is 4.60. The first kappa shape index (κ1) is 16.7. The molecule has 0 aliphatic carbocycles. The van der Waals surface area contributed by atoms with Gasteiger partial charge in [-0.2, -0.15) is 0 Å². The van der Waals surface area contributed by atoms with Gasteiger partial charge in [0.05, 0.1) is 27.4 Å². The van der Waals surface area contributed by atoms with Gasteiger partial charge in [0.15, 0.2) is 0 Å². The summed E-state index contributed by atoms with van der Waals surface area (Å²) in [7, 11) is 2.59. The van der Waals surface area contributed by atoms with Crippen LogP contribution in [0.25, 0.3) is 0 Å². The number of hydrogen-bond acceptors (Lipinski definition) is 6. The summed E-state index contributed by atoms with van der Waals surface area (Å²) in [5.74, 6) is -1.000. The normalized spacial score (nSPS) is 16.8. The first-order chi connectivity index (χ1) is 9.67. The lowest BCUT2D eigenvalue weighted by Gasteiger charge is -2.26. The van der Waals surface area contributed by atoms with E-state index in [0.29, 0.717) is 12.0 Å². The number of nitrogens with zero attached hydrogens (tertiary/aromatic N) is 1. The number of rotatable bonds is 7. The van der Waals surface area contributed by atoms with E-state index in [1.807, 2.05) is 0 Å². The van der Waals surface area contributed by atoms with Crippen LogP contribution in [-0.4, -0.2) is 63.9 Å². The van der Waals surface area contributed by atoms with Crippen LogP contribution in [0.3, 0.4) is 0 Å². The van der Waals surface area contributed by atoms with E-state index >= 15 is 0 Å². The number of ether oxygens (including phenoxy) is 3. The standard InChI is InChI=1S/C14H23NO5/c1-18-13(16)11-12(14(17)19-2)5-3-4-6-15-7-9-20-10-8-15/h11H,3-10H2,1-2H3/b12-11+. The Balaban J connectivity index is 2.32. The van der Waals surface area contributed by atoms with Crippen molar-refractivity contribution in [3.8, 4) is 0 Å². The van der Waals surface area contributed by atoms with Gasteiger partial charge in [-0.05, 0) is 25.8 Å². The van der Waals surface area contributed by atoms with E-state index in [9.17, 15) is 9.59 Å². The van der Waals surface area contributed by atoms with Crippen LogP contribution in [0, 0.1) is 0 Å². The van der Waals surface area contributed by atoms with E-state index in [0.717, 1.165) is 45.7 Å². The Labute approximate surface area is 119 Å². The Morgan fingerprint density at radius 3 is 2.45 bits per heavy atom. The molecule has 6 heteroatoms. The zero-order chi connectivity index (χ0) is 14.8. The van der Waals surface area contributed by atoms with Crippen LogP contribution >= 0.6 is 0 Å². The zero-order valence-electron chi connectivity index (χ0n) is 12.2. The average molecular weight is 285 g/mol. The molecular formula is C14H23NO5. The quantitative estimate of drug-likeness (QED) is 0.391. The maximum absolute atomic E-state index is 11.5. The molecule has 0 unspecified atom stereocenters. The number of esters is 2. The number of morpholine rings is 1. The summed E-state index contributed by atoms with van der Waals surface area (Å²) >= 11 is 0. The first-order valence-corrected chi connectivity index (χ1v) is 6.84. The fourth-order valence-corrected chi connectivity index (χ4v) is 2.04. The molecule has 0 N–H and O–H groups in total. The predicted molar refractivity (Wildman–Crippen MR) is 73.2 cm³/mol. The highest BCUT2D eigenvalue weighted by Gasteiger charge is 2.13. The Morgan fingerprint density at radius 2 is 1.85 bits per heavy atom. The Kier molecular flexibility index (Phi) is 7.91. The smallest absolute Gasteiger partial charge is 0.333 e. The molecule has 1 fully saturated rings. The van der Waals surface area contributed by atoms with Crippen molar-refractivity contribution < 1.29 is 23.8 Å². The number of carbonyl (C=O) groups is 2. The zero-order valence-corrected chi connectivity index (χ0v) is 12.2. The lowest BCUT2D eigenvalue weighted by molar-refractivity contribution is -0.138. The summed E-state index contributed by atoms with van der Waals surface area (Å²) in [5, 5.41) is 0. The molecule has 0 amide bonds. The van der Waals surface area contributed by atoms with Crippen LogP contribution in [0.4, 0.5) is 0 Å². The second kappa shape index (κ2) is 9.50. The third-order valence-corrected chi connectivity index (χ3v) is 3.22. The Hall–Kier alpha value is -1.40. The molecule has 1 aliphatic heterocycles. The highest BCUT2D eigenvalue weighted by molar-refractivity contribution is 5.96. The average Bonchev–Trinajstić information content (AvgIpc) is 2.50. The molecule has 20 heavy (non-hydrogen) atoms. The van der Waals surface area contributed by atoms with Gasteiger partial charge >= 0.3 is 11.9 Å². The van der Waals surface area contributed by atoms with Crippen LogP contribution in [0.5, 0.6) is 0 Å². The van der Waals surface area contributed by atoms with Crippen molar-refractivity contribution >= 4 is 11.9 Å². The van der Waals surface area contributed by atoms with Crippen molar-refractivity contribution in [1.29, 1.82) is 0 Å². The number of methoxy groups -OCH3 is 2. The molecule has 0 atom stereocenters. The highest BCUT2D eigenvalue weighted by Crippen LogP contribution is 2.11. The molecule has 0 radical (unpaired) electrons. The van der Waals surface area contributed by atoms with Gasteiger partial charge in [0.2, 0.25) is 0 Å². The van der Waals surface area contributed by atoms with Crippen LogP contribution in [0.1, 0.15) is 19.3 Å². The summed E-state index contributed by atoms with van der Waals surface area (Å²) in [5.41, 5.74) is 0.362. The summed E-state index contributed by atoms with van der Waals surface area (Å²) in [4.78, 5) is 25.1. The number of hydrogen-bond donors (Lipinski definition) is 0. The van der Waals surface area contributed by atoms with E-state index in [2.05, 4.69) is 14.4 Å². The van der Waals surface area contributed by atoms with Crippen molar-refractivity contribution in [1.82, 2.24) is 4.90 Å². The van der Waals surface area contributed by atoms with Gasteiger partial charge in [0.1, 0.15) is 0 Å². The van der Waals surface area contributed by atoms with Crippen LogP contribution < -0.4 is 0 Å². The molecule has 1 saturated heterocycles. The maximum atomic E-state index is 11.5. The van der Waals surface area contributed by atoms with Crippen molar-refractivity contribution in [2.24, 2.45) is 0 Å². The second-order valence-corrected chi connectivity index (χ2v) is 4.60. The van der Waals surface area contributed by atoms with Gasteiger partial charge in [-0.15, -0.1) is 0 Å². The molecule has 1 aliphatic rings. The SMILES string of the molecule is COC(=O)/C=C(\CCCCN1CCOCC1)C(=O)OC. The lowest BCUT2D eigenvalue weighted by atomic mass is 10.1. The molecule has 1 heterocycles. The van der Waals surface area contributed by atoms with Crippen molar-refractivity contribution in [2.45, 2.75) is 19.3 Å². The highest BCUT2D eigenvalue weighted by atomic mass is 16.5. The molecule has 6 nitrogen and oxygen atoms in total. The molecule has 0 bridgehead atoms. The van der Waals surface area contributed by atoms with Crippen molar-refractivity contribution in [2.75, 3.05) is 47.1 Å². The molecule has 0 saturated carbocycles. The Bertz CT molecular complexity index is 347. The minimum Gasteiger partial charge on any atom is -0.466 e. The minimum absolute atomic E-state index is 0.362. The van der Waals surface area contributed by atoms with Crippen LogP contribution in [0.2, 0.25) is 0 Å². The molecule has 0 aromatic carbocycles. The summed E-state index contributed by atoms with van der Waals surface area (Å²) < 4.78 is 14.5. The summed E-state index contributed by atoms with van der Waals surface area (Å²) in [6, 6.07) is 0. The molecule has 114 valence electrons. The van der Waals surface area contributed by atoms with Gasteiger partial charge in [-0.3, -0.25) is 4.90 Å². The molecule has 0 aromatic rings. The fourth-order valence-electron chi connectivity index (χ4n) is 2.04. The Morgan fingerprint density at radius 1 is 1.15 bits per heavy atom. The summed E-state index contributed by atoms with van der Waals surface area (Å²) in [6.07, 6.45) is 3.53. The first-order valence-electron chi connectivity index (χ1n) is 6.84. The number of carbonyl (C=O) groups excluding carboxylic acids is 2. The molecular weight excluding hydrogens is 262 g/mol. The molecule has 0 aromatic heterocycles. The third-order valence-electron chi connectivity index (χ3n) is 3.22. The van der Waals surface area contributed by atoms with Gasteiger partial charge in [0.25, 0.3) is 0 Å². The van der Waals surface area contributed by atoms with Crippen LogP contribution in [0.15, 0.2) is 11.6 Å². The third kappa shape index (κ3) is 6.16. The van der Waals surface area contributed by atoms with E-state index in [4.69, 9.17) is 4.74 Å². The van der Waals surface area contributed by atoms with E-state index in [1.54, 1.807) is 0 Å². The van der Waals surface area contributed by atoms with Crippen LogP contribution in [-0.2, 0) is 23.8 Å². The minimum atomic E-state index is -0.529. The maximum Gasteiger partial charge on any atom is 0.333 e. The topological polar surface area (TPSA) is 65.1 Å². The predicted octanol–water partition coefficient (Wildman–Crippen LogP) is 0.761. The van der Waals surface area contributed by atoms with Crippen molar-refractivity contribution in [3.63, 3.8) is 0 Å². The van der Waals surface area contributed by atoms with Gasteiger partial charge in [0, 0.05) is 24.7 Å². The van der Waals surface area contributed by atoms with Crippen molar-refractivity contribution in [3.05, 3.63) is 11.6 Å². The van der Waals surface area contributed by atoms with Gasteiger partial charge in [-0.25, -0.2) is 9.59 Å². The largest absolute Gasteiger partial charge is 0.466 e. The van der Waals surface area contributed by atoms with Gasteiger partial charge < -0.3 is 14.2 Å². The fraction of sp³-hybridized carbons (Fsp3) is 0.714. The van der Waals surface area contributed by atoms with E-state index < -0.39 is 11.9 Å². The van der Waals surface area contributed by atoms with Gasteiger partial charge in [-0.1, -0.05) is 0 Å². The summed E-state index contributed by atoms with van der Waals surface area (Å²) in [6.45, 7) is 4.48. The van der Waals surface area contributed by atoms with E-state index in [-0.39, 0.29) is 0 Å². The molecule has 0 spiro atoms. The lowest BCUT2D eigenvalue weighted by Crippen LogP contribution is -2.36. The monoisotopic (exact) mass is 285 g/mol. The van der Waals surface area contributed by atoms with E-state index in [1.165, 1.54) is 20.3 Å². The number of unbranched alkanes of at least 4 members (excludes halogenated alkanes) is 1. The molecule has 1 rings (SSSR count).